The van der Waals surface area contributed by atoms with E-state index in [-0.39, 0.29) is 6.61 Å². The van der Waals surface area contributed by atoms with E-state index in [4.69, 9.17) is 14.6 Å². The third-order valence-corrected chi connectivity index (χ3v) is 3.63. The summed E-state index contributed by atoms with van der Waals surface area (Å²) in [7, 11) is 1.69. The number of ether oxygens (including phenoxy) is 2. The second-order valence-electron chi connectivity index (χ2n) is 5.23. The Balaban J connectivity index is 1.78. The Bertz CT molecular complexity index is 376. The lowest BCUT2D eigenvalue weighted by atomic mass is 10.0. The zero-order chi connectivity index (χ0) is 14.2. The van der Waals surface area contributed by atoms with Crippen LogP contribution < -0.4 is 10.1 Å². The van der Waals surface area contributed by atoms with Crippen LogP contribution in [0, 0.1) is 5.92 Å². The van der Waals surface area contributed by atoms with Gasteiger partial charge in [-0.25, -0.2) is 0 Å². The van der Waals surface area contributed by atoms with Gasteiger partial charge in [-0.15, -0.1) is 0 Å². The van der Waals surface area contributed by atoms with Crippen molar-refractivity contribution < 1.29 is 14.6 Å². The first kappa shape index (κ1) is 15.3. The predicted molar refractivity (Wildman–Crippen MR) is 79.0 cm³/mol. The van der Waals surface area contributed by atoms with Crippen molar-refractivity contribution in [2.24, 2.45) is 5.92 Å². The number of nitrogens with one attached hydrogen (secondary N) is 1. The molecule has 1 aliphatic rings. The first-order chi connectivity index (χ1) is 9.85. The molecule has 0 aromatic heterocycles. The number of rotatable bonds is 10. The Morgan fingerprint density at radius 3 is 2.60 bits per heavy atom. The molecule has 0 radical (unpaired) electrons. The molecule has 20 heavy (non-hydrogen) atoms. The Kier molecular flexibility index (Phi) is 6.30. The van der Waals surface area contributed by atoms with Gasteiger partial charge >= 0.3 is 0 Å². The van der Waals surface area contributed by atoms with Gasteiger partial charge in [0.1, 0.15) is 5.75 Å². The van der Waals surface area contributed by atoms with Gasteiger partial charge < -0.3 is 19.9 Å². The Morgan fingerprint density at radius 1 is 1.25 bits per heavy atom. The summed E-state index contributed by atoms with van der Waals surface area (Å²) in [6, 6.07) is 8.79. The minimum atomic E-state index is 0.101. The van der Waals surface area contributed by atoms with Crippen molar-refractivity contribution in [3.05, 3.63) is 29.8 Å². The molecular formula is C16H25NO3. The molecular weight excluding hydrogens is 254 g/mol. The van der Waals surface area contributed by atoms with Gasteiger partial charge in [-0.3, -0.25) is 0 Å². The minimum absolute atomic E-state index is 0.101. The highest BCUT2D eigenvalue weighted by atomic mass is 16.5. The topological polar surface area (TPSA) is 50.7 Å². The molecule has 4 nitrogen and oxygen atoms in total. The van der Waals surface area contributed by atoms with Crippen molar-refractivity contribution in [2.75, 3.05) is 33.5 Å². The summed E-state index contributed by atoms with van der Waals surface area (Å²) >= 11 is 0. The van der Waals surface area contributed by atoms with Gasteiger partial charge in [0.25, 0.3) is 0 Å². The Morgan fingerprint density at radius 2 is 2.00 bits per heavy atom. The highest BCUT2D eigenvalue weighted by Crippen LogP contribution is 2.41. The molecule has 0 amide bonds. The summed E-state index contributed by atoms with van der Waals surface area (Å²) in [4.78, 5) is 0. The average Bonchev–Trinajstić information content (AvgIpc) is 3.31. The largest absolute Gasteiger partial charge is 0.497 e. The van der Waals surface area contributed by atoms with E-state index in [1.807, 2.05) is 12.1 Å². The number of hydrogen-bond acceptors (Lipinski definition) is 4. The molecule has 2 N–H and O–H groups in total. The molecule has 1 aliphatic carbocycles. The highest BCUT2D eigenvalue weighted by molar-refractivity contribution is 5.30. The maximum absolute atomic E-state index is 8.63. The fourth-order valence-corrected chi connectivity index (χ4v) is 2.40. The van der Waals surface area contributed by atoms with Crippen LogP contribution in [0.5, 0.6) is 5.75 Å². The van der Waals surface area contributed by atoms with Gasteiger partial charge in [0.15, 0.2) is 0 Å². The van der Waals surface area contributed by atoms with E-state index in [1.165, 1.54) is 18.4 Å². The smallest absolute Gasteiger partial charge is 0.118 e. The fourth-order valence-electron chi connectivity index (χ4n) is 2.40. The van der Waals surface area contributed by atoms with E-state index in [0.29, 0.717) is 19.3 Å². The summed E-state index contributed by atoms with van der Waals surface area (Å²) in [5.74, 6) is 1.67. The van der Waals surface area contributed by atoms with Crippen molar-refractivity contribution in [2.45, 2.75) is 25.3 Å². The maximum Gasteiger partial charge on any atom is 0.118 e. The fraction of sp³-hybridized carbons (Fsp3) is 0.625. The normalized spacial score (nSPS) is 16.1. The molecule has 2 rings (SSSR count). The van der Waals surface area contributed by atoms with E-state index in [0.717, 1.165) is 24.6 Å². The van der Waals surface area contributed by atoms with E-state index >= 15 is 0 Å². The van der Waals surface area contributed by atoms with Crippen LogP contribution in [-0.4, -0.2) is 38.6 Å². The van der Waals surface area contributed by atoms with Crippen molar-refractivity contribution in [3.63, 3.8) is 0 Å². The number of aliphatic hydroxyl groups is 1. The molecule has 1 fully saturated rings. The maximum atomic E-state index is 8.63. The quantitative estimate of drug-likeness (QED) is 0.644. The summed E-state index contributed by atoms with van der Waals surface area (Å²) in [6.45, 7) is 2.18. The van der Waals surface area contributed by atoms with E-state index in [9.17, 15) is 0 Å². The molecule has 0 bridgehead atoms. The highest BCUT2D eigenvalue weighted by Gasteiger charge is 2.31. The van der Waals surface area contributed by atoms with Crippen molar-refractivity contribution in [1.29, 1.82) is 0 Å². The Labute approximate surface area is 121 Å². The first-order valence-corrected chi connectivity index (χ1v) is 7.41. The third kappa shape index (κ3) is 4.78. The van der Waals surface area contributed by atoms with Crippen LogP contribution in [0.1, 0.15) is 30.9 Å². The molecule has 0 saturated heterocycles. The summed E-state index contributed by atoms with van der Waals surface area (Å²) < 4.78 is 10.5. The second-order valence-corrected chi connectivity index (χ2v) is 5.23. The SMILES string of the molecule is COc1ccc(C(NCCCOCCO)C2CC2)cc1. The summed E-state index contributed by atoms with van der Waals surface area (Å²) in [5, 5.41) is 12.3. The van der Waals surface area contributed by atoms with Crippen LogP contribution >= 0.6 is 0 Å². The van der Waals surface area contributed by atoms with E-state index < -0.39 is 0 Å². The van der Waals surface area contributed by atoms with Crippen LogP contribution in [0.2, 0.25) is 0 Å². The van der Waals surface area contributed by atoms with E-state index in [1.54, 1.807) is 7.11 Å². The summed E-state index contributed by atoms with van der Waals surface area (Å²) in [6.07, 6.45) is 3.59. The van der Waals surface area contributed by atoms with Crippen molar-refractivity contribution in [3.8, 4) is 5.75 Å². The second kappa shape index (κ2) is 8.25. The van der Waals surface area contributed by atoms with Gasteiger partial charge in [-0.1, -0.05) is 12.1 Å². The molecule has 1 saturated carbocycles. The third-order valence-electron chi connectivity index (χ3n) is 3.63. The number of hydrogen-bond donors (Lipinski definition) is 2. The molecule has 0 spiro atoms. The first-order valence-electron chi connectivity index (χ1n) is 7.41. The van der Waals surface area contributed by atoms with Crippen LogP contribution in [0.15, 0.2) is 24.3 Å². The molecule has 112 valence electrons. The lowest BCUT2D eigenvalue weighted by molar-refractivity contribution is 0.0903. The van der Waals surface area contributed by atoms with Crippen molar-refractivity contribution >= 4 is 0 Å². The number of benzene rings is 1. The van der Waals surface area contributed by atoms with E-state index in [2.05, 4.69) is 17.4 Å². The molecule has 1 aromatic rings. The zero-order valence-corrected chi connectivity index (χ0v) is 12.2. The molecule has 1 unspecified atom stereocenters. The lowest BCUT2D eigenvalue weighted by Crippen LogP contribution is -2.25. The van der Waals surface area contributed by atoms with Crippen LogP contribution in [-0.2, 0) is 4.74 Å². The van der Waals surface area contributed by atoms with Gasteiger partial charge in [-0.05, 0) is 49.4 Å². The number of aliphatic hydroxyl groups excluding tert-OH is 1. The Hall–Kier alpha value is -1.10. The van der Waals surface area contributed by atoms with Gasteiger partial charge in [0, 0.05) is 12.6 Å². The molecule has 4 heteroatoms. The van der Waals surface area contributed by atoms with Gasteiger partial charge in [-0.2, -0.15) is 0 Å². The number of methoxy groups -OCH3 is 1. The monoisotopic (exact) mass is 279 g/mol. The minimum Gasteiger partial charge on any atom is -0.497 e. The molecule has 1 aromatic carbocycles. The van der Waals surface area contributed by atoms with Crippen molar-refractivity contribution in [1.82, 2.24) is 5.32 Å². The lowest BCUT2D eigenvalue weighted by Gasteiger charge is -2.19. The van der Waals surface area contributed by atoms with Gasteiger partial charge in [0.05, 0.1) is 20.3 Å². The zero-order valence-electron chi connectivity index (χ0n) is 12.2. The average molecular weight is 279 g/mol. The van der Waals surface area contributed by atoms with Crippen LogP contribution in [0.25, 0.3) is 0 Å². The molecule has 0 aliphatic heterocycles. The van der Waals surface area contributed by atoms with Gasteiger partial charge in [0.2, 0.25) is 0 Å². The van der Waals surface area contributed by atoms with Crippen LogP contribution in [0.3, 0.4) is 0 Å². The molecule has 0 heterocycles. The van der Waals surface area contributed by atoms with Crippen LogP contribution in [0.4, 0.5) is 0 Å². The standard InChI is InChI=1S/C16H25NO3/c1-19-15-7-5-14(6-8-15)16(13-3-4-13)17-9-2-11-20-12-10-18/h5-8,13,16-18H,2-4,9-12H2,1H3. The summed E-state index contributed by atoms with van der Waals surface area (Å²) in [5.41, 5.74) is 1.34. The predicted octanol–water partition coefficient (Wildman–Crippen LogP) is 2.13. The molecule has 1 atom stereocenters.